The second-order valence-electron chi connectivity index (χ2n) is 5.36. The number of hydrogen-bond donors (Lipinski definition) is 2. The van der Waals surface area contributed by atoms with Crippen molar-refractivity contribution in [1.29, 1.82) is 0 Å². The van der Waals surface area contributed by atoms with Crippen molar-refractivity contribution in [2.45, 2.75) is 6.54 Å². The summed E-state index contributed by atoms with van der Waals surface area (Å²) >= 11 is 1.34. The molecule has 26 heavy (non-hydrogen) atoms. The zero-order chi connectivity index (χ0) is 18.1. The van der Waals surface area contributed by atoms with Gasteiger partial charge in [0.15, 0.2) is 11.5 Å². The fraction of sp³-hybridized carbons (Fsp3) is 0.118. The summed E-state index contributed by atoms with van der Waals surface area (Å²) in [6.07, 6.45) is 0. The SMILES string of the molecule is O=C(NCc1ccc(C(=O)O)o1)c1csc(-c2ccc3c(c2)OCO3)n1. The third kappa shape index (κ3) is 3.11. The second-order valence-corrected chi connectivity index (χ2v) is 6.22. The van der Waals surface area contributed by atoms with Crippen LogP contribution in [0.2, 0.25) is 0 Å². The van der Waals surface area contributed by atoms with Crippen LogP contribution in [0.25, 0.3) is 10.6 Å². The van der Waals surface area contributed by atoms with Crippen molar-refractivity contribution < 1.29 is 28.6 Å². The summed E-state index contributed by atoms with van der Waals surface area (Å²) in [5, 5.41) is 13.8. The molecule has 0 spiro atoms. The van der Waals surface area contributed by atoms with Gasteiger partial charge in [0.05, 0.1) is 6.54 Å². The molecule has 0 fully saturated rings. The fourth-order valence-corrected chi connectivity index (χ4v) is 3.18. The molecule has 2 N–H and O–H groups in total. The van der Waals surface area contributed by atoms with E-state index in [0.717, 1.165) is 5.56 Å². The van der Waals surface area contributed by atoms with Gasteiger partial charge in [0.25, 0.3) is 5.91 Å². The predicted octanol–water partition coefficient (Wildman–Crippen LogP) is 2.76. The number of carbonyl (C=O) groups is 2. The van der Waals surface area contributed by atoms with Crippen LogP contribution in [0.4, 0.5) is 0 Å². The van der Waals surface area contributed by atoms with Crippen LogP contribution in [0.1, 0.15) is 26.8 Å². The van der Waals surface area contributed by atoms with E-state index in [1.165, 1.54) is 23.5 Å². The van der Waals surface area contributed by atoms with Gasteiger partial charge in [-0.2, -0.15) is 0 Å². The number of nitrogens with one attached hydrogen (secondary N) is 1. The third-order valence-electron chi connectivity index (χ3n) is 3.65. The first-order valence-corrected chi connectivity index (χ1v) is 8.44. The number of fused-ring (bicyclic) bond motifs is 1. The van der Waals surface area contributed by atoms with Crippen LogP contribution in [-0.2, 0) is 6.54 Å². The molecule has 1 aliphatic heterocycles. The van der Waals surface area contributed by atoms with Crippen molar-refractivity contribution in [1.82, 2.24) is 10.3 Å². The summed E-state index contributed by atoms with van der Waals surface area (Å²) in [6.45, 7) is 0.268. The molecule has 9 heteroatoms. The smallest absolute Gasteiger partial charge is 0.371 e. The average Bonchev–Trinajstić information content (AvgIpc) is 3.38. The number of benzene rings is 1. The number of ether oxygens (including phenoxy) is 2. The Morgan fingerprint density at radius 3 is 2.85 bits per heavy atom. The minimum Gasteiger partial charge on any atom is -0.475 e. The number of amides is 1. The molecule has 0 saturated heterocycles. The highest BCUT2D eigenvalue weighted by Crippen LogP contribution is 2.36. The van der Waals surface area contributed by atoms with E-state index in [9.17, 15) is 9.59 Å². The number of carboxylic acid groups (broad SMARTS) is 1. The largest absolute Gasteiger partial charge is 0.475 e. The minimum atomic E-state index is -1.16. The molecule has 3 heterocycles. The van der Waals surface area contributed by atoms with Gasteiger partial charge in [-0.05, 0) is 30.3 Å². The van der Waals surface area contributed by atoms with E-state index in [1.54, 1.807) is 11.4 Å². The first-order valence-electron chi connectivity index (χ1n) is 7.56. The zero-order valence-electron chi connectivity index (χ0n) is 13.2. The first kappa shape index (κ1) is 16.2. The number of carbonyl (C=O) groups excluding carboxylic acids is 1. The van der Waals surface area contributed by atoms with E-state index in [0.29, 0.717) is 22.3 Å². The Labute approximate surface area is 151 Å². The zero-order valence-corrected chi connectivity index (χ0v) is 14.0. The van der Waals surface area contributed by atoms with Crippen molar-refractivity contribution in [3.05, 3.63) is 52.9 Å². The van der Waals surface area contributed by atoms with Crippen LogP contribution in [0.5, 0.6) is 11.5 Å². The molecule has 8 nitrogen and oxygen atoms in total. The highest BCUT2D eigenvalue weighted by Gasteiger charge is 2.17. The Bertz CT molecular complexity index is 993. The Morgan fingerprint density at radius 1 is 1.19 bits per heavy atom. The lowest BCUT2D eigenvalue weighted by Crippen LogP contribution is -2.22. The lowest BCUT2D eigenvalue weighted by Gasteiger charge is -2.01. The molecule has 0 atom stereocenters. The summed E-state index contributed by atoms with van der Waals surface area (Å²) in [7, 11) is 0. The third-order valence-corrected chi connectivity index (χ3v) is 4.54. The molecule has 4 rings (SSSR count). The van der Waals surface area contributed by atoms with E-state index in [4.69, 9.17) is 19.0 Å². The van der Waals surface area contributed by atoms with Crippen LogP contribution in [-0.4, -0.2) is 28.8 Å². The van der Waals surface area contributed by atoms with Crippen LogP contribution >= 0.6 is 11.3 Å². The van der Waals surface area contributed by atoms with Gasteiger partial charge >= 0.3 is 5.97 Å². The van der Waals surface area contributed by atoms with E-state index in [2.05, 4.69) is 10.3 Å². The van der Waals surface area contributed by atoms with Gasteiger partial charge in [0.2, 0.25) is 12.6 Å². The average molecular weight is 372 g/mol. The molecule has 3 aromatic rings. The van der Waals surface area contributed by atoms with Gasteiger partial charge in [-0.1, -0.05) is 0 Å². The highest BCUT2D eigenvalue weighted by molar-refractivity contribution is 7.13. The summed E-state index contributed by atoms with van der Waals surface area (Å²) in [5.74, 6) is -0.0230. The molecule has 0 unspecified atom stereocenters. The Balaban J connectivity index is 1.43. The highest BCUT2D eigenvalue weighted by atomic mass is 32.1. The van der Waals surface area contributed by atoms with Gasteiger partial charge in [-0.3, -0.25) is 4.79 Å². The van der Waals surface area contributed by atoms with Crippen molar-refractivity contribution in [3.63, 3.8) is 0 Å². The maximum atomic E-state index is 12.2. The lowest BCUT2D eigenvalue weighted by molar-refractivity contribution is 0.0660. The standard InChI is InChI=1S/C17H12N2O6S/c20-15(18-6-10-2-4-13(25-10)17(21)22)11-7-26-16(19-11)9-1-3-12-14(5-9)24-8-23-12/h1-5,7H,6,8H2,(H,18,20)(H,21,22). The number of aromatic carboxylic acids is 1. The Kier molecular flexibility index (Phi) is 4.05. The Morgan fingerprint density at radius 2 is 2.04 bits per heavy atom. The topological polar surface area (TPSA) is 111 Å². The summed E-state index contributed by atoms with van der Waals surface area (Å²) in [6, 6.07) is 8.31. The van der Waals surface area contributed by atoms with Gasteiger partial charge in [-0.25, -0.2) is 9.78 Å². The molecule has 0 radical (unpaired) electrons. The lowest BCUT2D eigenvalue weighted by atomic mass is 10.2. The summed E-state index contributed by atoms with van der Waals surface area (Å²) in [5.41, 5.74) is 1.10. The van der Waals surface area contributed by atoms with Crippen molar-refractivity contribution in [2.75, 3.05) is 6.79 Å². The molecule has 0 bridgehead atoms. The van der Waals surface area contributed by atoms with E-state index in [-0.39, 0.29) is 30.7 Å². The molecule has 0 saturated carbocycles. The van der Waals surface area contributed by atoms with E-state index < -0.39 is 5.97 Å². The van der Waals surface area contributed by atoms with Gasteiger partial charge < -0.3 is 24.3 Å². The molecule has 2 aromatic heterocycles. The number of nitrogens with zero attached hydrogens (tertiary/aromatic N) is 1. The molecule has 132 valence electrons. The maximum absolute atomic E-state index is 12.2. The van der Waals surface area contributed by atoms with Crippen LogP contribution < -0.4 is 14.8 Å². The number of carboxylic acids is 1. The first-order chi connectivity index (χ1) is 12.6. The molecule has 0 aliphatic carbocycles. The van der Waals surface area contributed by atoms with Crippen molar-refractivity contribution in [3.8, 4) is 22.1 Å². The van der Waals surface area contributed by atoms with E-state index >= 15 is 0 Å². The van der Waals surface area contributed by atoms with Crippen LogP contribution in [0.15, 0.2) is 40.1 Å². The maximum Gasteiger partial charge on any atom is 0.371 e. The van der Waals surface area contributed by atoms with Crippen LogP contribution in [0.3, 0.4) is 0 Å². The number of furan rings is 1. The minimum absolute atomic E-state index is 0.0724. The number of hydrogen-bond acceptors (Lipinski definition) is 7. The van der Waals surface area contributed by atoms with Gasteiger partial charge in [-0.15, -0.1) is 11.3 Å². The van der Waals surface area contributed by atoms with Crippen molar-refractivity contribution in [2.24, 2.45) is 0 Å². The fourth-order valence-electron chi connectivity index (χ4n) is 2.39. The second kappa shape index (κ2) is 6.52. The molecular weight excluding hydrogens is 360 g/mol. The Hall–Kier alpha value is -3.33. The van der Waals surface area contributed by atoms with Crippen LogP contribution in [0, 0.1) is 0 Å². The monoisotopic (exact) mass is 372 g/mol. The van der Waals surface area contributed by atoms with Gasteiger partial charge in [0.1, 0.15) is 16.5 Å². The molecule has 1 amide bonds. The summed E-state index contributed by atoms with van der Waals surface area (Å²) in [4.78, 5) is 27.3. The number of aromatic nitrogens is 1. The van der Waals surface area contributed by atoms with Gasteiger partial charge in [0, 0.05) is 10.9 Å². The normalized spacial score (nSPS) is 12.2. The molecular formula is C17H12N2O6S. The molecule has 1 aliphatic rings. The predicted molar refractivity (Wildman–Crippen MR) is 90.5 cm³/mol. The van der Waals surface area contributed by atoms with Crippen molar-refractivity contribution >= 4 is 23.2 Å². The number of rotatable bonds is 5. The summed E-state index contributed by atoms with van der Waals surface area (Å²) < 4.78 is 15.7. The number of thiazole rings is 1. The quantitative estimate of drug-likeness (QED) is 0.708. The van der Waals surface area contributed by atoms with E-state index in [1.807, 2.05) is 12.1 Å². The molecule has 1 aromatic carbocycles.